The largest absolute Gasteiger partial charge is 0.352 e. The molecule has 0 spiro atoms. The summed E-state index contributed by atoms with van der Waals surface area (Å²) >= 11 is 9.12. The minimum Gasteiger partial charge on any atom is -0.352 e. The maximum absolute atomic E-state index is 12.4. The number of rotatable bonds is 4. The molecule has 0 aliphatic carbocycles. The molecule has 25 heavy (non-hydrogen) atoms. The first-order valence-corrected chi connectivity index (χ1v) is 10.2. The lowest BCUT2D eigenvalue weighted by atomic mass is 10.2. The highest BCUT2D eigenvalue weighted by atomic mass is 35.5. The SMILES string of the molecule is O=C(CCc1ccc(Cl)s1)N1CCN(c2ncnc3sccc23)CC1. The van der Waals surface area contributed by atoms with Gasteiger partial charge >= 0.3 is 0 Å². The predicted octanol–water partition coefficient (Wildman–Crippen LogP) is 3.69. The van der Waals surface area contributed by atoms with Crippen LogP contribution in [-0.4, -0.2) is 47.0 Å². The van der Waals surface area contributed by atoms with Gasteiger partial charge in [0.2, 0.25) is 5.91 Å². The Balaban J connectivity index is 1.35. The van der Waals surface area contributed by atoms with Gasteiger partial charge in [-0.25, -0.2) is 9.97 Å². The van der Waals surface area contributed by atoms with Crippen LogP contribution < -0.4 is 4.90 Å². The number of hydrogen-bond acceptors (Lipinski definition) is 6. The van der Waals surface area contributed by atoms with Gasteiger partial charge < -0.3 is 9.80 Å². The van der Waals surface area contributed by atoms with Crippen molar-refractivity contribution in [3.63, 3.8) is 0 Å². The van der Waals surface area contributed by atoms with E-state index in [0.717, 1.165) is 57.8 Å². The van der Waals surface area contributed by atoms with E-state index in [2.05, 4.69) is 20.9 Å². The van der Waals surface area contributed by atoms with Crippen molar-refractivity contribution < 1.29 is 4.79 Å². The van der Waals surface area contributed by atoms with E-state index >= 15 is 0 Å². The van der Waals surface area contributed by atoms with E-state index in [-0.39, 0.29) is 5.91 Å². The highest BCUT2D eigenvalue weighted by Crippen LogP contribution is 2.27. The first-order valence-electron chi connectivity index (χ1n) is 8.16. The van der Waals surface area contributed by atoms with Gasteiger partial charge in [-0.2, -0.15) is 0 Å². The van der Waals surface area contributed by atoms with Gasteiger partial charge in [0.25, 0.3) is 0 Å². The summed E-state index contributed by atoms with van der Waals surface area (Å²) in [5.41, 5.74) is 0. The number of aryl methyl sites for hydroxylation is 1. The smallest absolute Gasteiger partial charge is 0.223 e. The van der Waals surface area contributed by atoms with Crippen molar-refractivity contribution in [3.05, 3.63) is 39.1 Å². The van der Waals surface area contributed by atoms with Gasteiger partial charge in [0.05, 0.1) is 9.72 Å². The summed E-state index contributed by atoms with van der Waals surface area (Å²) in [7, 11) is 0. The highest BCUT2D eigenvalue weighted by Gasteiger charge is 2.23. The zero-order valence-electron chi connectivity index (χ0n) is 13.5. The standard InChI is InChI=1S/C17H17ClN4OS2/c18-14-3-1-12(25-14)2-4-15(23)21-6-8-22(9-7-21)16-13-5-10-24-17(13)20-11-19-16/h1,3,5,10-11H,2,4,6-9H2. The molecule has 0 saturated carbocycles. The fraction of sp³-hybridized carbons (Fsp3) is 0.353. The first kappa shape index (κ1) is 16.8. The van der Waals surface area contributed by atoms with Gasteiger partial charge in [0.1, 0.15) is 17.0 Å². The van der Waals surface area contributed by atoms with Gasteiger partial charge in [0.15, 0.2) is 0 Å². The Bertz CT molecular complexity index is 886. The van der Waals surface area contributed by atoms with Crippen molar-refractivity contribution in [1.82, 2.24) is 14.9 Å². The maximum Gasteiger partial charge on any atom is 0.223 e. The number of amides is 1. The molecule has 3 aromatic rings. The third kappa shape index (κ3) is 3.63. The molecule has 0 atom stereocenters. The summed E-state index contributed by atoms with van der Waals surface area (Å²) in [6, 6.07) is 5.95. The van der Waals surface area contributed by atoms with Crippen LogP contribution in [-0.2, 0) is 11.2 Å². The second-order valence-corrected chi connectivity index (χ2v) is 8.60. The Labute approximate surface area is 158 Å². The Hall–Kier alpha value is -1.70. The Kier molecular flexibility index (Phi) is 4.87. The van der Waals surface area contributed by atoms with E-state index in [1.807, 2.05) is 22.4 Å². The molecular weight excluding hydrogens is 376 g/mol. The zero-order valence-corrected chi connectivity index (χ0v) is 15.9. The molecule has 1 fully saturated rings. The minimum absolute atomic E-state index is 0.215. The fourth-order valence-electron chi connectivity index (χ4n) is 3.07. The molecule has 1 aliphatic rings. The fourth-order valence-corrected chi connectivity index (χ4v) is 4.89. The summed E-state index contributed by atoms with van der Waals surface area (Å²) in [5.74, 6) is 1.19. The molecule has 4 rings (SSSR count). The van der Waals surface area contributed by atoms with Gasteiger partial charge in [0, 0.05) is 37.5 Å². The second-order valence-electron chi connectivity index (χ2n) is 5.91. The molecule has 5 nitrogen and oxygen atoms in total. The lowest BCUT2D eigenvalue weighted by Gasteiger charge is -2.35. The molecule has 0 radical (unpaired) electrons. The van der Waals surface area contributed by atoms with Gasteiger partial charge in [-0.3, -0.25) is 4.79 Å². The van der Waals surface area contributed by atoms with Crippen molar-refractivity contribution in [2.45, 2.75) is 12.8 Å². The average molecular weight is 393 g/mol. The lowest BCUT2D eigenvalue weighted by molar-refractivity contribution is -0.131. The molecule has 4 heterocycles. The normalized spacial score (nSPS) is 15.1. The molecule has 3 aromatic heterocycles. The number of anilines is 1. The first-order chi connectivity index (χ1) is 12.2. The minimum atomic E-state index is 0.215. The number of carbonyl (C=O) groups excluding carboxylic acids is 1. The second kappa shape index (κ2) is 7.27. The number of piperazine rings is 1. The number of halogens is 1. The number of hydrogen-bond donors (Lipinski definition) is 0. The van der Waals surface area contributed by atoms with Crippen LogP contribution in [0.5, 0.6) is 0 Å². The summed E-state index contributed by atoms with van der Waals surface area (Å²) in [5, 5.41) is 3.14. The highest BCUT2D eigenvalue weighted by molar-refractivity contribution is 7.16. The third-order valence-corrected chi connectivity index (χ3v) is 6.50. The van der Waals surface area contributed by atoms with Gasteiger partial charge in [-0.05, 0) is 30.0 Å². The van der Waals surface area contributed by atoms with Crippen LogP contribution in [0.15, 0.2) is 29.9 Å². The van der Waals surface area contributed by atoms with Gasteiger partial charge in [-0.15, -0.1) is 22.7 Å². The number of aromatic nitrogens is 2. The van der Waals surface area contributed by atoms with E-state index in [1.54, 1.807) is 29.0 Å². The summed E-state index contributed by atoms with van der Waals surface area (Å²) in [6.07, 6.45) is 2.93. The molecule has 130 valence electrons. The van der Waals surface area contributed by atoms with Crippen LogP contribution in [0, 0.1) is 0 Å². The van der Waals surface area contributed by atoms with E-state index in [4.69, 9.17) is 11.6 Å². The molecule has 0 aromatic carbocycles. The summed E-state index contributed by atoms with van der Waals surface area (Å²) < 4.78 is 0.778. The topological polar surface area (TPSA) is 49.3 Å². The van der Waals surface area contributed by atoms with Crippen LogP contribution >= 0.6 is 34.3 Å². The van der Waals surface area contributed by atoms with Crippen molar-refractivity contribution >= 4 is 56.2 Å². The molecule has 8 heteroatoms. The van der Waals surface area contributed by atoms with E-state index in [1.165, 1.54) is 0 Å². The average Bonchev–Trinajstić information content (AvgIpc) is 3.28. The van der Waals surface area contributed by atoms with E-state index in [0.29, 0.717) is 6.42 Å². The Morgan fingerprint density at radius 2 is 2.00 bits per heavy atom. The third-order valence-electron chi connectivity index (χ3n) is 4.39. The molecule has 1 amide bonds. The van der Waals surface area contributed by atoms with Crippen molar-refractivity contribution in [3.8, 4) is 0 Å². The number of fused-ring (bicyclic) bond motifs is 1. The van der Waals surface area contributed by atoms with Crippen LogP contribution in [0.2, 0.25) is 4.34 Å². The Morgan fingerprint density at radius 1 is 1.16 bits per heavy atom. The molecule has 1 aliphatic heterocycles. The van der Waals surface area contributed by atoms with Crippen molar-refractivity contribution in [1.29, 1.82) is 0 Å². The Morgan fingerprint density at radius 3 is 2.76 bits per heavy atom. The number of nitrogens with zero attached hydrogens (tertiary/aromatic N) is 4. The molecule has 1 saturated heterocycles. The lowest BCUT2D eigenvalue weighted by Crippen LogP contribution is -2.49. The van der Waals surface area contributed by atoms with Gasteiger partial charge in [-0.1, -0.05) is 11.6 Å². The summed E-state index contributed by atoms with van der Waals surface area (Å²) in [4.78, 5) is 27.6. The summed E-state index contributed by atoms with van der Waals surface area (Å²) in [6.45, 7) is 3.08. The van der Waals surface area contributed by atoms with Crippen LogP contribution in [0.3, 0.4) is 0 Å². The molecular formula is C17H17ClN4OS2. The molecule has 0 unspecified atom stereocenters. The molecule has 0 bridgehead atoms. The monoisotopic (exact) mass is 392 g/mol. The van der Waals surface area contributed by atoms with E-state index in [9.17, 15) is 4.79 Å². The van der Waals surface area contributed by atoms with Crippen molar-refractivity contribution in [2.24, 2.45) is 0 Å². The maximum atomic E-state index is 12.4. The van der Waals surface area contributed by atoms with Crippen LogP contribution in [0.1, 0.15) is 11.3 Å². The number of thiophene rings is 2. The zero-order chi connectivity index (χ0) is 17.2. The van der Waals surface area contributed by atoms with E-state index < -0.39 is 0 Å². The predicted molar refractivity (Wildman–Crippen MR) is 104 cm³/mol. The number of carbonyl (C=O) groups is 1. The molecule has 0 N–H and O–H groups in total. The van der Waals surface area contributed by atoms with Crippen molar-refractivity contribution in [2.75, 3.05) is 31.1 Å². The quantitative estimate of drug-likeness (QED) is 0.679. The van der Waals surface area contributed by atoms with Crippen LogP contribution in [0.4, 0.5) is 5.82 Å². The van der Waals surface area contributed by atoms with Crippen LogP contribution in [0.25, 0.3) is 10.2 Å².